The number of anilines is 2. The summed E-state index contributed by atoms with van der Waals surface area (Å²) in [5.41, 5.74) is 2.57. The second-order valence-corrected chi connectivity index (χ2v) is 5.43. The number of rotatable bonds is 4. The molecule has 0 saturated carbocycles. The molecule has 116 valence electrons. The van der Waals surface area contributed by atoms with Crippen molar-refractivity contribution in [1.82, 2.24) is 0 Å². The molecular formula is C19H18N2O2. The third-order valence-electron chi connectivity index (χ3n) is 3.75. The molecular weight excluding hydrogens is 288 g/mol. The Morgan fingerprint density at radius 1 is 1.04 bits per heavy atom. The zero-order chi connectivity index (χ0) is 16.1. The minimum atomic E-state index is -0.182. The summed E-state index contributed by atoms with van der Waals surface area (Å²) in [6, 6.07) is 17.0. The fourth-order valence-electron chi connectivity index (χ4n) is 2.57. The van der Waals surface area contributed by atoms with Crippen LogP contribution in [-0.4, -0.2) is 18.4 Å². The first-order chi connectivity index (χ1) is 11.2. The van der Waals surface area contributed by atoms with Gasteiger partial charge in [-0.15, -0.1) is 0 Å². The fraction of sp³-hybridized carbons (Fsp3) is 0.158. The van der Waals surface area contributed by atoms with E-state index in [4.69, 9.17) is 0 Å². The summed E-state index contributed by atoms with van der Waals surface area (Å²) in [6.07, 6.45) is 4.80. The van der Waals surface area contributed by atoms with E-state index in [0.29, 0.717) is 12.1 Å². The summed E-state index contributed by atoms with van der Waals surface area (Å²) in [4.78, 5) is 25.4. The summed E-state index contributed by atoms with van der Waals surface area (Å²) < 4.78 is 0. The molecule has 0 spiro atoms. The molecule has 0 aromatic heterocycles. The molecule has 2 aromatic carbocycles. The Morgan fingerprint density at radius 3 is 2.43 bits per heavy atom. The Bertz CT molecular complexity index is 721. The lowest BCUT2D eigenvalue weighted by Gasteiger charge is -2.15. The van der Waals surface area contributed by atoms with Crippen molar-refractivity contribution in [2.75, 3.05) is 16.8 Å². The number of hydrogen-bond acceptors (Lipinski definition) is 2. The van der Waals surface area contributed by atoms with Crippen molar-refractivity contribution < 1.29 is 9.59 Å². The lowest BCUT2D eigenvalue weighted by atomic mass is 10.2. The third kappa shape index (κ3) is 3.86. The van der Waals surface area contributed by atoms with Gasteiger partial charge in [0.15, 0.2) is 0 Å². The average molecular weight is 306 g/mol. The van der Waals surface area contributed by atoms with Gasteiger partial charge in [0.05, 0.1) is 0 Å². The predicted molar refractivity (Wildman–Crippen MR) is 92.1 cm³/mol. The number of carbonyl (C=O) groups is 2. The maximum atomic E-state index is 11.9. The maximum Gasteiger partial charge on any atom is 0.248 e. The Hall–Kier alpha value is -2.88. The van der Waals surface area contributed by atoms with Gasteiger partial charge < -0.3 is 10.2 Å². The molecule has 1 saturated heterocycles. The minimum absolute atomic E-state index is 0.160. The van der Waals surface area contributed by atoms with E-state index in [2.05, 4.69) is 5.32 Å². The highest BCUT2D eigenvalue weighted by Crippen LogP contribution is 2.23. The molecule has 1 aliphatic rings. The van der Waals surface area contributed by atoms with Gasteiger partial charge in [0.1, 0.15) is 0 Å². The van der Waals surface area contributed by atoms with Gasteiger partial charge >= 0.3 is 0 Å². The van der Waals surface area contributed by atoms with Gasteiger partial charge in [-0.2, -0.15) is 0 Å². The second-order valence-electron chi connectivity index (χ2n) is 5.43. The van der Waals surface area contributed by atoms with Crippen LogP contribution in [0.2, 0.25) is 0 Å². The van der Waals surface area contributed by atoms with Gasteiger partial charge in [-0.1, -0.05) is 30.3 Å². The standard InChI is InChI=1S/C19H18N2O2/c22-18(13-8-15-5-2-1-3-6-15)20-16-9-11-17(12-10-16)21-14-4-7-19(21)23/h1-3,5-6,8-13H,4,7,14H2,(H,20,22)/b13-8+. The van der Waals surface area contributed by atoms with Crippen molar-refractivity contribution in [3.8, 4) is 0 Å². The zero-order valence-electron chi connectivity index (χ0n) is 12.7. The second kappa shape index (κ2) is 6.92. The Morgan fingerprint density at radius 2 is 1.78 bits per heavy atom. The van der Waals surface area contributed by atoms with Crippen LogP contribution in [0.1, 0.15) is 18.4 Å². The number of hydrogen-bond donors (Lipinski definition) is 1. The van der Waals surface area contributed by atoms with Crippen LogP contribution in [0.15, 0.2) is 60.7 Å². The molecule has 2 amide bonds. The highest BCUT2D eigenvalue weighted by molar-refractivity contribution is 6.02. The molecule has 1 fully saturated rings. The van der Waals surface area contributed by atoms with Crippen molar-refractivity contribution in [2.45, 2.75) is 12.8 Å². The van der Waals surface area contributed by atoms with Gasteiger partial charge in [0, 0.05) is 30.4 Å². The number of nitrogens with one attached hydrogen (secondary N) is 1. The van der Waals surface area contributed by atoms with E-state index in [-0.39, 0.29) is 11.8 Å². The molecule has 4 nitrogen and oxygen atoms in total. The zero-order valence-corrected chi connectivity index (χ0v) is 12.7. The van der Waals surface area contributed by atoms with E-state index in [0.717, 1.165) is 24.2 Å². The molecule has 0 unspecified atom stereocenters. The van der Waals surface area contributed by atoms with E-state index in [1.165, 1.54) is 6.08 Å². The van der Waals surface area contributed by atoms with Crippen molar-refractivity contribution in [1.29, 1.82) is 0 Å². The van der Waals surface area contributed by atoms with Gasteiger partial charge in [-0.3, -0.25) is 9.59 Å². The summed E-state index contributed by atoms with van der Waals surface area (Å²) >= 11 is 0. The molecule has 0 radical (unpaired) electrons. The summed E-state index contributed by atoms with van der Waals surface area (Å²) in [6.45, 7) is 0.768. The summed E-state index contributed by atoms with van der Waals surface area (Å²) in [5.74, 6) is -0.0218. The van der Waals surface area contributed by atoms with Crippen LogP contribution in [0.5, 0.6) is 0 Å². The average Bonchev–Trinajstić information content (AvgIpc) is 3.01. The van der Waals surface area contributed by atoms with Crippen LogP contribution in [-0.2, 0) is 9.59 Å². The Balaban J connectivity index is 1.61. The third-order valence-corrected chi connectivity index (χ3v) is 3.75. The van der Waals surface area contributed by atoms with Crippen molar-refractivity contribution >= 4 is 29.3 Å². The van der Waals surface area contributed by atoms with E-state index in [9.17, 15) is 9.59 Å². The molecule has 0 aliphatic carbocycles. The smallest absolute Gasteiger partial charge is 0.248 e. The van der Waals surface area contributed by atoms with Gasteiger partial charge in [0.2, 0.25) is 11.8 Å². The van der Waals surface area contributed by atoms with Gasteiger partial charge in [-0.05, 0) is 42.3 Å². The molecule has 1 N–H and O–H groups in total. The van der Waals surface area contributed by atoms with Crippen LogP contribution >= 0.6 is 0 Å². The highest BCUT2D eigenvalue weighted by Gasteiger charge is 2.21. The monoisotopic (exact) mass is 306 g/mol. The molecule has 1 aliphatic heterocycles. The van der Waals surface area contributed by atoms with E-state index < -0.39 is 0 Å². The molecule has 2 aromatic rings. The minimum Gasteiger partial charge on any atom is -0.323 e. The van der Waals surface area contributed by atoms with Crippen LogP contribution < -0.4 is 10.2 Å². The van der Waals surface area contributed by atoms with E-state index in [1.54, 1.807) is 11.0 Å². The first-order valence-corrected chi connectivity index (χ1v) is 7.67. The molecule has 1 heterocycles. The van der Waals surface area contributed by atoms with Crippen LogP contribution in [0.25, 0.3) is 6.08 Å². The predicted octanol–water partition coefficient (Wildman–Crippen LogP) is 3.47. The quantitative estimate of drug-likeness (QED) is 0.879. The molecule has 3 rings (SSSR count). The first kappa shape index (κ1) is 15.0. The molecule has 0 atom stereocenters. The number of carbonyl (C=O) groups excluding carboxylic acids is 2. The van der Waals surface area contributed by atoms with Gasteiger partial charge in [0.25, 0.3) is 0 Å². The summed E-state index contributed by atoms with van der Waals surface area (Å²) in [7, 11) is 0. The highest BCUT2D eigenvalue weighted by atomic mass is 16.2. The van der Waals surface area contributed by atoms with Crippen LogP contribution in [0, 0.1) is 0 Å². The first-order valence-electron chi connectivity index (χ1n) is 7.67. The Labute approximate surface area is 135 Å². The Kier molecular flexibility index (Phi) is 4.52. The van der Waals surface area contributed by atoms with E-state index >= 15 is 0 Å². The lowest BCUT2D eigenvalue weighted by Crippen LogP contribution is -2.23. The molecule has 23 heavy (non-hydrogen) atoms. The summed E-state index contributed by atoms with van der Waals surface area (Å²) in [5, 5.41) is 2.81. The number of nitrogens with zero attached hydrogens (tertiary/aromatic N) is 1. The van der Waals surface area contributed by atoms with Crippen molar-refractivity contribution in [3.63, 3.8) is 0 Å². The van der Waals surface area contributed by atoms with Crippen molar-refractivity contribution in [3.05, 3.63) is 66.2 Å². The molecule has 0 bridgehead atoms. The topological polar surface area (TPSA) is 49.4 Å². The largest absolute Gasteiger partial charge is 0.323 e. The number of amides is 2. The molecule has 4 heteroatoms. The van der Waals surface area contributed by atoms with Crippen molar-refractivity contribution in [2.24, 2.45) is 0 Å². The fourth-order valence-corrected chi connectivity index (χ4v) is 2.57. The van der Waals surface area contributed by atoms with Crippen LogP contribution in [0.3, 0.4) is 0 Å². The number of benzene rings is 2. The normalized spacial score (nSPS) is 14.4. The SMILES string of the molecule is O=C(/C=C/c1ccccc1)Nc1ccc(N2CCCC2=O)cc1. The van der Waals surface area contributed by atoms with Crippen LogP contribution in [0.4, 0.5) is 11.4 Å². The maximum absolute atomic E-state index is 11.9. The van der Waals surface area contributed by atoms with Gasteiger partial charge in [-0.25, -0.2) is 0 Å². The van der Waals surface area contributed by atoms with E-state index in [1.807, 2.05) is 54.6 Å². The lowest BCUT2D eigenvalue weighted by molar-refractivity contribution is -0.117.